The molecule has 3 rings (SSSR count). The van der Waals surface area contributed by atoms with E-state index in [-0.39, 0.29) is 0 Å². The van der Waals surface area contributed by atoms with E-state index in [4.69, 9.17) is 17.3 Å². The summed E-state index contributed by atoms with van der Waals surface area (Å²) in [4.78, 5) is 5.07. The van der Waals surface area contributed by atoms with Gasteiger partial charge in [0.15, 0.2) is 0 Å². The molecule has 0 bridgehead atoms. The van der Waals surface area contributed by atoms with Crippen molar-refractivity contribution in [1.82, 2.24) is 4.90 Å². The first-order valence-electron chi connectivity index (χ1n) is 7.28. The third kappa shape index (κ3) is 2.82. The van der Waals surface area contributed by atoms with Crippen LogP contribution in [0.3, 0.4) is 0 Å². The van der Waals surface area contributed by atoms with E-state index in [0.29, 0.717) is 0 Å². The molecule has 19 heavy (non-hydrogen) atoms. The van der Waals surface area contributed by atoms with Gasteiger partial charge in [-0.15, -0.1) is 0 Å². The zero-order valence-corrected chi connectivity index (χ0v) is 12.1. The van der Waals surface area contributed by atoms with Gasteiger partial charge in [0.1, 0.15) is 0 Å². The summed E-state index contributed by atoms with van der Waals surface area (Å²) < 4.78 is 0. The van der Waals surface area contributed by atoms with Crippen LogP contribution in [-0.4, -0.2) is 37.1 Å². The van der Waals surface area contributed by atoms with Crippen LogP contribution >= 0.6 is 11.6 Å². The van der Waals surface area contributed by atoms with Crippen molar-refractivity contribution in [1.29, 1.82) is 0 Å². The molecule has 1 aromatic rings. The van der Waals surface area contributed by atoms with Gasteiger partial charge in [0.05, 0.1) is 10.7 Å². The van der Waals surface area contributed by atoms with Crippen molar-refractivity contribution >= 4 is 23.0 Å². The maximum absolute atomic E-state index is 6.29. The number of likely N-dealkylation sites (tertiary alicyclic amines) is 1. The molecule has 0 amide bonds. The van der Waals surface area contributed by atoms with Crippen LogP contribution in [0.5, 0.6) is 0 Å². The number of benzene rings is 1. The standard InChI is InChI=1S/C15H22ClN3/c16-14-11-12(17)3-4-15(14)19-9-5-13(6-10-19)18-7-1-2-8-18/h3-4,11,13H,1-2,5-10,17H2. The Morgan fingerprint density at radius 1 is 1.05 bits per heavy atom. The van der Waals surface area contributed by atoms with Crippen molar-refractivity contribution in [2.75, 3.05) is 36.8 Å². The van der Waals surface area contributed by atoms with Crippen LogP contribution in [0.15, 0.2) is 18.2 Å². The fourth-order valence-electron chi connectivity index (χ4n) is 3.36. The van der Waals surface area contributed by atoms with Gasteiger partial charge < -0.3 is 15.5 Å². The van der Waals surface area contributed by atoms with Gasteiger partial charge >= 0.3 is 0 Å². The lowest BCUT2D eigenvalue weighted by molar-refractivity contribution is 0.208. The number of nitrogen functional groups attached to an aromatic ring is 1. The number of nitrogens with zero attached hydrogens (tertiary/aromatic N) is 2. The molecule has 104 valence electrons. The molecule has 0 atom stereocenters. The Balaban J connectivity index is 1.63. The molecule has 2 aliphatic rings. The van der Waals surface area contributed by atoms with Crippen LogP contribution in [0.2, 0.25) is 5.02 Å². The first kappa shape index (κ1) is 13.1. The van der Waals surface area contributed by atoms with E-state index in [9.17, 15) is 0 Å². The molecule has 3 nitrogen and oxygen atoms in total. The maximum atomic E-state index is 6.29. The Kier molecular flexibility index (Phi) is 3.85. The molecule has 2 heterocycles. The summed E-state index contributed by atoms with van der Waals surface area (Å²) >= 11 is 6.29. The van der Waals surface area contributed by atoms with E-state index in [1.807, 2.05) is 18.2 Å². The van der Waals surface area contributed by atoms with Crippen molar-refractivity contribution < 1.29 is 0 Å². The minimum Gasteiger partial charge on any atom is -0.399 e. The summed E-state index contributed by atoms with van der Waals surface area (Å²) in [6.45, 7) is 4.80. The van der Waals surface area contributed by atoms with Crippen molar-refractivity contribution in [2.24, 2.45) is 0 Å². The van der Waals surface area contributed by atoms with Crippen molar-refractivity contribution in [3.63, 3.8) is 0 Å². The highest BCUT2D eigenvalue weighted by Gasteiger charge is 2.26. The molecule has 4 heteroatoms. The first-order chi connectivity index (χ1) is 9.24. The predicted molar refractivity (Wildman–Crippen MR) is 81.9 cm³/mol. The lowest BCUT2D eigenvalue weighted by atomic mass is 10.0. The molecule has 2 saturated heterocycles. The summed E-state index contributed by atoms with van der Waals surface area (Å²) in [5, 5.41) is 0.777. The predicted octanol–water partition coefficient (Wildman–Crippen LogP) is 2.99. The number of rotatable bonds is 2. The molecule has 0 aromatic heterocycles. The normalized spacial score (nSPS) is 22.1. The minimum atomic E-state index is 0.737. The van der Waals surface area contributed by atoms with Gasteiger partial charge in [-0.3, -0.25) is 0 Å². The Bertz CT molecular complexity index is 435. The third-order valence-electron chi connectivity index (χ3n) is 4.43. The average Bonchev–Trinajstić information content (AvgIpc) is 2.93. The molecule has 0 aliphatic carbocycles. The Hall–Kier alpha value is -0.930. The number of nitrogens with two attached hydrogens (primary N) is 1. The number of hydrogen-bond acceptors (Lipinski definition) is 3. The van der Waals surface area contributed by atoms with Crippen molar-refractivity contribution in [3.8, 4) is 0 Å². The highest BCUT2D eigenvalue weighted by molar-refractivity contribution is 6.33. The SMILES string of the molecule is Nc1ccc(N2CCC(N3CCCC3)CC2)c(Cl)c1. The molecular weight excluding hydrogens is 258 g/mol. The second-order valence-corrected chi connectivity index (χ2v) is 6.08. The number of anilines is 2. The van der Waals surface area contributed by atoms with Gasteiger partial charge in [0.25, 0.3) is 0 Å². The zero-order valence-electron chi connectivity index (χ0n) is 11.3. The molecule has 0 spiro atoms. The Morgan fingerprint density at radius 3 is 2.37 bits per heavy atom. The summed E-state index contributed by atoms with van der Waals surface area (Å²) in [6, 6.07) is 6.62. The van der Waals surface area contributed by atoms with Crippen LogP contribution in [0.1, 0.15) is 25.7 Å². The van der Waals surface area contributed by atoms with Gasteiger partial charge in [-0.25, -0.2) is 0 Å². The molecule has 0 unspecified atom stereocenters. The number of halogens is 1. The fourth-order valence-corrected chi connectivity index (χ4v) is 3.67. The lowest BCUT2D eigenvalue weighted by Gasteiger charge is -2.38. The number of piperidine rings is 1. The highest BCUT2D eigenvalue weighted by atomic mass is 35.5. The Morgan fingerprint density at radius 2 is 1.74 bits per heavy atom. The molecule has 2 aliphatic heterocycles. The van der Waals surface area contributed by atoms with Crippen LogP contribution in [-0.2, 0) is 0 Å². The number of hydrogen-bond donors (Lipinski definition) is 1. The highest BCUT2D eigenvalue weighted by Crippen LogP contribution is 2.31. The molecule has 2 fully saturated rings. The molecule has 2 N–H and O–H groups in total. The largest absolute Gasteiger partial charge is 0.399 e. The summed E-state index contributed by atoms with van der Waals surface area (Å²) in [5.41, 5.74) is 7.62. The molecule has 1 aromatic carbocycles. The van der Waals surface area contributed by atoms with Gasteiger partial charge in [-0.1, -0.05) is 11.6 Å². The van der Waals surface area contributed by atoms with E-state index >= 15 is 0 Å². The van der Waals surface area contributed by atoms with E-state index < -0.39 is 0 Å². The van der Waals surface area contributed by atoms with Crippen LogP contribution < -0.4 is 10.6 Å². The minimum absolute atomic E-state index is 0.737. The summed E-state index contributed by atoms with van der Waals surface area (Å²) in [6.07, 6.45) is 5.26. The second-order valence-electron chi connectivity index (χ2n) is 5.67. The summed E-state index contributed by atoms with van der Waals surface area (Å²) in [5.74, 6) is 0. The van der Waals surface area contributed by atoms with Crippen molar-refractivity contribution in [2.45, 2.75) is 31.7 Å². The van der Waals surface area contributed by atoms with Gasteiger partial charge in [0, 0.05) is 24.8 Å². The molecular formula is C15H22ClN3. The summed E-state index contributed by atoms with van der Waals surface area (Å²) in [7, 11) is 0. The Labute approximate surface area is 120 Å². The van der Waals surface area contributed by atoms with E-state index in [0.717, 1.165) is 35.5 Å². The van der Waals surface area contributed by atoms with Gasteiger partial charge in [-0.05, 0) is 57.0 Å². The quantitative estimate of drug-likeness (QED) is 0.845. The van der Waals surface area contributed by atoms with Gasteiger partial charge in [-0.2, -0.15) is 0 Å². The third-order valence-corrected chi connectivity index (χ3v) is 4.74. The second kappa shape index (κ2) is 5.59. The smallest absolute Gasteiger partial charge is 0.0660 e. The maximum Gasteiger partial charge on any atom is 0.0660 e. The van der Waals surface area contributed by atoms with Crippen LogP contribution in [0, 0.1) is 0 Å². The first-order valence-corrected chi connectivity index (χ1v) is 7.66. The van der Waals surface area contributed by atoms with E-state index in [2.05, 4.69) is 9.80 Å². The average molecular weight is 280 g/mol. The van der Waals surface area contributed by atoms with E-state index in [1.165, 1.54) is 38.8 Å². The van der Waals surface area contributed by atoms with Crippen molar-refractivity contribution in [3.05, 3.63) is 23.2 Å². The topological polar surface area (TPSA) is 32.5 Å². The fraction of sp³-hybridized carbons (Fsp3) is 0.600. The van der Waals surface area contributed by atoms with Crippen LogP contribution in [0.4, 0.5) is 11.4 Å². The van der Waals surface area contributed by atoms with Gasteiger partial charge in [0.2, 0.25) is 0 Å². The molecule has 0 saturated carbocycles. The van der Waals surface area contributed by atoms with Crippen LogP contribution in [0.25, 0.3) is 0 Å². The zero-order chi connectivity index (χ0) is 13.2. The van der Waals surface area contributed by atoms with E-state index in [1.54, 1.807) is 0 Å². The lowest BCUT2D eigenvalue weighted by Crippen LogP contribution is -2.43. The molecule has 0 radical (unpaired) electrons. The monoisotopic (exact) mass is 279 g/mol.